The second-order valence-corrected chi connectivity index (χ2v) is 13.0. The molecule has 24 heteroatoms. The number of aryl methyl sites for hydroxylation is 1. The number of nitrogens with zero attached hydrogens (tertiary/aromatic N) is 3. The van der Waals surface area contributed by atoms with E-state index in [9.17, 15) is 44.3 Å². The Balaban J connectivity index is 0.000000469. The number of likely N-dealkylation sites (tertiary alicyclic amines) is 1. The number of rotatable bonds is 7. The lowest BCUT2D eigenvalue weighted by atomic mass is 9.90. The summed E-state index contributed by atoms with van der Waals surface area (Å²) in [4.78, 5) is 51.8. The van der Waals surface area contributed by atoms with Crippen LogP contribution >= 0.6 is 0 Å². The molecule has 2 aromatic carbocycles. The van der Waals surface area contributed by atoms with Gasteiger partial charge in [-0.2, -0.15) is 39.5 Å². The molecule has 326 valence electrons. The lowest BCUT2D eigenvalue weighted by Gasteiger charge is -2.33. The topological polar surface area (TPSA) is 244 Å². The Labute approximate surface area is 329 Å². The summed E-state index contributed by atoms with van der Waals surface area (Å²) in [6.07, 6.45) is -9.41. The lowest BCUT2D eigenvalue weighted by molar-refractivity contribution is -0.193. The van der Waals surface area contributed by atoms with E-state index in [0.29, 0.717) is 5.82 Å². The molecule has 1 amide bonds. The van der Waals surface area contributed by atoms with Gasteiger partial charge in [0.2, 0.25) is 5.82 Å². The molecular weight excluding hydrogens is 815 g/mol. The molecule has 59 heavy (non-hydrogen) atoms. The number of amides is 1. The number of halogens is 9. The van der Waals surface area contributed by atoms with Crippen LogP contribution in [-0.4, -0.2) is 110 Å². The quantitative estimate of drug-likeness (QED) is 0.0840. The van der Waals surface area contributed by atoms with Crippen molar-refractivity contribution in [2.45, 2.75) is 88.6 Å². The molecule has 0 spiro atoms. The summed E-state index contributed by atoms with van der Waals surface area (Å²) >= 11 is 0. The molecule has 2 fully saturated rings. The van der Waals surface area contributed by atoms with Crippen LogP contribution in [0.15, 0.2) is 48.5 Å². The molecule has 2 aliphatic rings. The monoisotopic (exact) mass is 856 g/mol. The molecule has 0 bridgehead atoms. The minimum absolute atomic E-state index is 0.0260. The zero-order chi connectivity index (χ0) is 44.7. The fourth-order valence-corrected chi connectivity index (χ4v) is 5.63. The zero-order valence-corrected chi connectivity index (χ0v) is 31.0. The van der Waals surface area contributed by atoms with Gasteiger partial charge in [-0.25, -0.2) is 24.4 Å². The summed E-state index contributed by atoms with van der Waals surface area (Å²) in [6, 6.07) is 16.7. The van der Waals surface area contributed by atoms with Crippen molar-refractivity contribution in [1.82, 2.24) is 25.5 Å². The van der Waals surface area contributed by atoms with Crippen molar-refractivity contribution in [2.24, 2.45) is 5.73 Å². The van der Waals surface area contributed by atoms with Crippen LogP contribution in [0.4, 0.5) is 45.3 Å². The third-order valence-corrected chi connectivity index (χ3v) is 8.38. The summed E-state index contributed by atoms with van der Waals surface area (Å²) < 4.78 is 95.2. The van der Waals surface area contributed by atoms with Gasteiger partial charge in [-0.1, -0.05) is 54.8 Å². The largest absolute Gasteiger partial charge is 0.490 e. The fraction of sp³-hybridized carbons (Fsp3) is 0.457. The Morgan fingerprint density at radius 1 is 0.763 bits per heavy atom. The van der Waals surface area contributed by atoms with E-state index in [1.807, 2.05) is 25.1 Å². The van der Waals surface area contributed by atoms with E-state index in [4.69, 9.17) is 45.8 Å². The van der Waals surface area contributed by atoms with Gasteiger partial charge in [-0.15, -0.1) is 0 Å². The number of alkyl halides is 9. The van der Waals surface area contributed by atoms with E-state index in [0.717, 1.165) is 74.6 Å². The van der Waals surface area contributed by atoms with Crippen LogP contribution in [0.3, 0.4) is 0 Å². The van der Waals surface area contributed by atoms with Crippen LogP contribution in [0, 0.1) is 12.3 Å². The first kappa shape index (κ1) is 49.2. The van der Waals surface area contributed by atoms with Crippen LogP contribution in [-0.2, 0) is 20.9 Å². The maximum absolute atomic E-state index is 13.3. The van der Waals surface area contributed by atoms with Gasteiger partial charge in [-0.05, 0) is 50.3 Å². The number of nitrogens with two attached hydrogens (primary N) is 1. The van der Waals surface area contributed by atoms with Gasteiger partial charge in [-0.3, -0.25) is 15.1 Å². The van der Waals surface area contributed by atoms with Gasteiger partial charge in [0.1, 0.15) is 5.82 Å². The Kier molecular flexibility index (Phi) is 18.1. The molecule has 9 N–H and O–H groups in total. The number of aromatic nitrogens is 2. The highest BCUT2D eigenvalue weighted by Crippen LogP contribution is 2.27. The first-order valence-electron chi connectivity index (χ1n) is 17.4. The molecule has 1 aliphatic heterocycles. The second kappa shape index (κ2) is 21.7. The molecule has 0 radical (unpaired) electrons. The maximum Gasteiger partial charge on any atom is 0.490 e. The predicted molar refractivity (Wildman–Crippen MR) is 192 cm³/mol. The van der Waals surface area contributed by atoms with E-state index in [1.165, 1.54) is 5.56 Å². The molecule has 2 heterocycles. The van der Waals surface area contributed by atoms with Gasteiger partial charge in [0.25, 0.3) is 5.91 Å². The number of benzene rings is 2. The van der Waals surface area contributed by atoms with Crippen molar-refractivity contribution in [3.8, 4) is 0 Å². The molecule has 5 rings (SSSR count). The third kappa shape index (κ3) is 17.6. The minimum Gasteiger partial charge on any atom is -0.475 e. The van der Waals surface area contributed by atoms with Crippen LogP contribution < -0.4 is 21.7 Å². The van der Waals surface area contributed by atoms with Crippen LogP contribution in [0.5, 0.6) is 0 Å². The van der Waals surface area contributed by atoms with Gasteiger partial charge >= 0.3 is 36.4 Å². The number of carboxylic acids is 3. The Hall–Kier alpha value is -5.94. The van der Waals surface area contributed by atoms with Gasteiger partial charge in [0, 0.05) is 43.1 Å². The highest BCUT2D eigenvalue weighted by atomic mass is 19.4. The summed E-state index contributed by atoms with van der Waals surface area (Å²) in [6.45, 7) is 4.85. The number of guanidine groups is 1. The van der Waals surface area contributed by atoms with Crippen molar-refractivity contribution in [1.29, 1.82) is 5.41 Å². The molecule has 15 nitrogen and oxygen atoms in total. The van der Waals surface area contributed by atoms with Crippen molar-refractivity contribution in [3.05, 3.63) is 65.5 Å². The SMILES string of the molecule is Cc1ccc2nc(C(=O)NC3CCN(Cc4ccccc4)CC3)nc(NC3CCCCC3NC(=N)N)c2c1.O=C(O)C(F)(F)F.O=C(O)C(F)(F)F.O=C(O)C(F)(F)F. The average Bonchev–Trinajstić information content (AvgIpc) is 3.13. The number of aliphatic carboxylic acids is 3. The average molecular weight is 857 g/mol. The predicted octanol–water partition coefficient (Wildman–Crippen LogP) is 5.44. The van der Waals surface area contributed by atoms with E-state index in [1.54, 1.807) is 0 Å². The van der Waals surface area contributed by atoms with Gasteiger partial charge in [0.05, 0.1) is 5.52 Å². The number of hydrogen-bond donors (Lipinski definition) is 8. The molecule has 1 aliphatic carbocycles. The summed E-state index contributed by atoms with van der Waals surface area (Å²) in [7, 11) is 0. The highest BCUT2D eigenvalue weighted by molar-refractivity contribution is 5.97. The lowest BCUT2D eigenvalue weighted by Crippen LogP contribution is -2.50. The number of anilines is 1. The number of carbonyl (C=O) groups is 4. The minimum atomic E-state index is -5.08. The Bertz CT molecular complexity index is 1830. The molecule has 3 aromatic rings. The maximum atomic E-state index is 13.3. The van der Waals surface area contributed by atoms with Crippen LogP contribution in [0.25, 0.3) is 10.9 Å². The highest BCUT2D eigenvalue weighted by Gasteiger charge is 2.39. The van der Waals surface area contributed by atoms with Gasteiger partial charge in [0.15, 0.2) is 5.96 Å². The molecule has 1 aromatic heterocycles. The van der Waals surface area contributed by atoms with E-state index in [-0.39, 0.29) is 35.8 Å². The summed E-state index contributed by atoms with van der Waals surface area (Å²) in [5.74, 6) is -7.69. The van der Waals surface area contributed by atoms with E-state index >= 15 is 0 Å². The van der Waals surface area contributed by atoms with Crippen LogP contribution in [0.1, 0.15) is 60.3 Å². The number of carbonyl (C=O) groups excluding carboxylic acids is 1. The first-order valence-corrected chi connectivity index (χ1v) is 17.4. The van der Waals surface area contributed by atoms with E-state index < -0.39 is 36.4 Å². The standard InChI is InChI=1S/C29H38N8O.3C2HF3O2/c1-19-11-12-23-22(17-19)26(34-24-9-5-6-10-25(24)35-29(30)31)36-27(33-23)28(38)32-21-13-15-37(16-14-21)18-20-7-3-2-4-8-20;3*3-2(4,5)1(6)7/h2-4,7-8,11-12,17,21,24-25H,5-6,9-10,13-16,18H2,1H3,(H,32,38)(H4,30,31,35)(H,33,34,36);3*(H,6,7). The molecular formula is C35H41F9N8O7. The van der Waals surface area contributed by atoms with Crippen LogP contribution in [0.2, 0.25) is 0 Å². The fourth-order valence-electron chi connectivity index (χ4n) is 5.63. The van der Waals surface area contributed by atoms with Gasteiger partial charge < -0.3 is 37.0 Å². The summed E-state index contributed by atoms with van der Waals surface area (Å²) in [5, 5.41) is 39.8. The normalized spacial score (nSPS) is 17.3. The number of fused-ring (bicyclic) bond motifs is 1. The zero-order valence-electron chi connectivity index (χ0n) is 31.0. The number of piperidine rings is 1. The number of nitrogens with one attached hydrogen (secondary N) is 4. The third-order valence-electron chi connectivity index (χ3n) is 8.38. The first-order chi connectivity index (χ1) is 27.3. The van der Waals surface area contributed by atoms with Crippen molar-refractivity contribution in [3.63, 3.8) is 0 Å². The Morgan fingerprint density at radius 3 is 1.73 bits per heavy atom. The molecule has 1 saturated carbocycles. The summed E-state index contributed by atoms with van der Waals surface area (Å²) in [5.41, 5.74) is 8.81. The van der Waals surface area contributed by atoms with Crippen molar-refractivity contribution in [2.75, 3.05) is 18.4 Å². The molecule has 2 atom stereocenters. The van der Waals surface area contributed by atoms with Crippen molar-refractivity contribution >= 4 is 46.5 Å². The second-order valence-electron chi connectivity index (χ2n) is 13.0. The number of carboxylic acid groups (broad SMARTS) is 3. The van der Waals surface area contributed by atoms with Crippen molar-refractivity contribution < 1.29 is 74.0 Å². The Morgan fingerprint density at radius 2 is 1.25 bits per heavy atom. The smallest absolute Gasteiger partial charge is 0.475 e. The molecule has 1 saturated heterocycles. The molecule has 2 unspecified atom stereocenters. The number of hydrogen-bond acceptors (Lipinski definition) is 9. The van der Waals surface area contributed by atoms with E-state index in [2.05, 4.69) is 56.2 Å².